The molecule has 0 bridgehead atoms. The number of carboxylic acid groups (broad SMARTS) is 1. The zero-order chi connectivity index (χ0) is 22.4. The number of ether oxygens (including phenoxy) is 1. The third-order valence-electron chi connectivity index (χ3n) is 5.83. The number of methoxy groups -OCH3 is 1. The highest BCUT2D eigenvalue weighted by molar-refractivity contribution is 5.94. The van der Waals surface area contributed by atoms with E-state index in [0.717, 1.165) is 22.2 Å². The Hall–Kier alpha value is -2.83. The summed E-state index contributed by atoms with van der Waals surface area (Å²) in [6, 6.07) is 18.2. The molecular formula is C25H33N3O3. The summed E-state index contributed by atoms with van der Waals surface area (Å²) >= 11 is 0. The molecule has 0 unspecified atom stereocenters. The lowest BCUT2D eigenvalue weighted by Gasteiger charge is -2.32. The van der Waals surface area contributed by atoms with Crippen molar-refractivity contribution in [1.29, 1.82) is 0 Å². The van der Waals surface area contributed by atoms with Crippen LogP contribution in [0.4, 0.5) is 0 Å². The summed E-state index contributed by atoms with van der Waals surface area (Å²) in [5, 5.41) is 10.3. The molecule has 3 N–H and O–H groups in total. The molecule has 1 aromatic heterocycles. The van der Waals surface area contributed by atoms with Gasteiger partial charge in [-0.25, -0.2) is 4.79 Å². The van der Waals surface area contributed by atoms with Crippen molar-refractivity contribution in [3.8, 4) is 5.75 Å². The van der Waals surface area contributed by atoms with Gasteiger partial charge in [-0.15, -0.1) is 0 Å². The van der Waals surface area contributed by atoms with Crippen molar-refractivity contribution < 1.29 is 14.6 Å². The highest BCUT2D eigenvalue weighted by Gasteiger charge is 2.17. The molecule has 3 aromatic rings. The molecule has 0 amide bonds. The van der Waals surface area contributed by atoms with Crippen molar-refractivity contribution in [1.82, 2.24) is 9.47 Å². The van der Waals surface area contributed by atoms with Gasteiger partial charge in [-0.3, -0.25) is 0 Å². The van der Waals surface area contributed by atoms with Gasteiger partial charge in [0.1, 0.15) is 11.4 Å². The molecule has 4 rings (SSSR count). The van der Waals surface area contributed by atoms with Crippen molar-refractivity contribution in [3.63, 3.8) is 0 Å². The van der Waals surface area contributed by atoms with Crippen molar-refractivity contribution in [3.05, 3.63) is 65.9 Å². The second-order valence-corrected chi connectivity index (χ2v) is 8.29. The maximum atomic E-state index is 11.4. The lowest BCUT2D eigenvalue weighted by atomic mass is 10.1. The van der Waals surface area contributed by atoms with E-state index in [4.69, 9.17) is 10.5 Å². The van der Waals surface area contributed by atoms with Gasteiger partial charge in [-0.1, -0.05) is 30.3 Å². The van der Waals surface area contributed by atoms with Crippen molar-refractivity contribution in [2.24, 2.45) is 5.73 Å². The highest BCUT2D eigenvalue weighted by Crippen LogP contribution is 2.22. The van der Waals surface area contributed by atoms with E-state index >= 15 is 0 Å². The summed E-state index contributed by atoms with van der Waals surface area (Å²) in [6.45, 7) is 7.39. The van der Waals surface area contributed by atoms with E-state index in [0.29, 0.717) is 24.3 Å². The first-order chi connectivity index (χ1) is 14.9. The average Bonchev–Trinajstić information content (AvgIpc) is 3.14. The molecule has 1 saturated heterocycles. The van der Waals surface area contributed by atoms with E-state index in [-0.39, 0.29) is 0 Å². The number of hydrogen-bond donors (Lipinski definition) is 2. The lowest BCUT2D eigenvalue weighted by molar-refractivity contribution is 0.0686. The number of hydrogen-bond acceptors (Lipinski definition) is 4. The van der Waals surface area contributed by atoms with E-state index in [1.165, 1.54) is 25.9 Å². The number of benzene rings is 2. The first-order valence-corrected chi connectivity index (χ1v) is 10.8. The predicted molar refractivity (Wildman–Crippen MR) is 125 cm³/mol. The van der Waals surface area contributed by atoms with Gasteiger partial charge >= 0.3 is 5.97 Å². The lowest BCUT2D eigenvalue weighted by Crippen LogP contribution is -2.42. The number of rotatable bonds is 5. The second kappa shape index (κ2) is 10.5. The van der Waals surface area contributed by atoms with Gasteiger partial charge in [-0.2, -0.15) is 0 Å². The fourth-order valence-corrected chi connectivity index (χ4v) is 3.91. The Morgan fingerprint density at radius 1 is 1.13 bits per heavy atom. The van der Waals surface area contributed by atoms with Crippen molar-refractivity contribution in [2.75, 3.05) is 20.2 Å². The van der Waals surface area contributed by atoms with Gasteiger partial charge < -0.3 is 25.0 Å². The van der Waals surface area contributed by atoms with Gasteiger partial charge in [0.05, 0.1) is 7.11 Å². The Kier molecular flexibility index (Phi) is 7.71. The van der Waals surface area contributed by atoms with Gasteiger partial charge in [0, 0.05) is 29.5 Å². The Morgan fingerprint density at radius 3 is 2.35 bits per heavy atom. The molecule has 31 heavy (non-hydrogen) atoms. The molecule has 1 aliphatic rings. The monoisotopic (exact) mass is 423 g/mol. The minimum Gasteiger partial charge on any atom is -0.497 e. The Bertz CT molecular complexity index is 987. The number of aromatic carboxylic acids is 1. The summed E-state index contributed by atoms with van der Waals surface area (Å²) in [4.78, 5) is 13.9. The minimum atomic E-state index is -0.917. The summed E-state index contributed by atoms with van der Waals surface area (Å²) in [6.07, 6.45) is 2.36. The molecule has 0 aliphatic carbocycles. The zero-order valence-electron chi connectivity index (χ0n) is 18.6. The predicted octanol–water partition coefficient (Wildman–Crippen LogP) is 4.21. The maximum Gasteiger partial charge on any atom is 0.352 e. The molecule has 1 fully saturated rings. The Labute approximate surface area is 184 Å². The van der Waals surface area contributed by atoms with E-state index in [9.17, 15) is 9.90 Å². The van der Waals surface area contributed by atoms with Crippen LogP contribution < -0.4 is 10.5 Å². The summed E-state index contributed by atoms with van der Waals surface area (Å²) in [5.74, 6) is -0.130. The van der Waals surface area contributed by atoms with Crippen molar-refractivity contribution in [2.45, 2.75) is 45.3 Å². The number of likely N-dealkylation sites (tertiary alicyclic amines) is 1. The normalized spacial score (nSPS) is 15.0. The third kappa shape index (κ3) is 5.87. The summed E-state index contributed by atoms with van der Waals surface area (Å²) in [5.41, 5.74) is 8.02. The second-order valence-electron chi connectivity index (χ2n) is 8.29. The maximum absolute atomic E-state index is 11.4. The van der Waals surface area contributed by atoms with Gasteiger partial charge in [-0.05, 0) is 69.6 Å². The number of carbonyl (C=O) groups is 1. The topological polar surface area (TPSA) is 80.7 Å². The average molecular weight is 424 g/mol. The van der Waals surface area contributed by atoms with Gasteiger partial charge in [0.25, 0.3) is 0 Å². The molecule has 166 valence electrons. The first-order valence-electron chi connectivity index (χ1n) is 10.8. The van der Waals surface area contributed by atoms with E-state index in [1.54, 1.807) is 13.2 Å². The fourth-order valence-electron chi connectivity index (χ4n) is 3.91. The number of para-hydroxylation sites is 1. The molecule has 0 atom stereocenters. The number of carboxylic acids is 1. The molecule has 2 aromatic carbocycles. The molecule has 0 spiro atoms. The molecule has 0 radical (unpaired) electrons. The summed E-state index contributed by atoms with van der Waals surface area (Å²) < 4.78 is 6.95. The number of fused-ring (bicyclic) bond motifs is 1. The number of nitrogens with zero attached hydrogens (tertiary/aromatic N) is 2. The SMILES string of the molecule is CC(C)N1CCC(N)CC1.COc1ccc(Cn2c(C(=O)O)cc3ccccc32)cc1. The quantitative estimate of drug-likeness (QED) is 0.642. The van der Waals surface area contributed by atoms with Crippen LogP contribution in [0.5, 0.6) is 5.75 Å². The standard InChI is InChI=1S/C17H15NO3.C8H18N2/c1-21-14-8-6-12(7-9-14)11-18-15-5-3-2-4-13(15)10-16(18)17(19)20;1-7(2)10-5-3-8(9)4-6-10/h2-10H,11H2,1H3,(H,19,20);7-8H,3-6,9H2,1-2H3. The smallest absolute Gasteiger partial charge is 0.352 e. The van der Waals surface area contributed by atoms with Crippen molar-refractivity contribution >= 4 is 16.9 Å². The van der Waals surface area contributed by atoms with E-state index in [2.05, 4.69) is 18.7 Å². The number of nitrogens with two attached hydrogens (primary N) is 1. The number of piperidine rings is 1. The minimum absolute atomic E-state index is 0.298. The zero-order valence-corrected chi connectivity index (χ0v) is 18.6. The van der Waals surface area contributed by atoms with Crippen LogP contribution in [0.25, 0.3) is 10.9 Å². The van der Waals surface area contributed by atoms with Crippen LogP contribution in [-0.2, 0) is 6.54 Å². The van der Waals surface area contributed by atoms with Crippen LogP contribution in [0, 0.1) is 0 Å². The van der Waals surface area contributed by atoms with E-state index < -0.39 is 5.97 Å². The highest BCUT2D eigenvalue weighted by atomic mass is 16.5. The first kappa shape index (κ1) is 22.8. The molecular weight excluding hydrogens is 390 g/mol. The Balaban J connectivity index is 0.000000229. The number of aromatic nitrogens is 1. The van der Waals surface area contributed by atoms with Crippen LogP contribution in [0.15, 0.2) is 54.6 Å². The van der Waals surface area contributed by atoms with Crippen LogP contribution >= 0.6 is 0 Å². The van der Waals surface area contributed by atoms with Crippen LogP contribution in [0.1, 0.15) is 42.7 Å². The Morgan fingerprint density at radius 2 is 1.77 bits per heavy atom. The van der Waals surface area contributed by atoms with Crippen LogP contribution in [0.3, 0.4) is 0 Å². The molecule has 6 heteroatoms. The molecule has 2 heterocycles. The van der Waals surface area contributed by atoms with Crippen LogP contribution in [0.2, 0.25) is 0 Å². The molecule has 1 aliphatic heterocycles. The largest absolute Gasteiger partial charge is 0.497 e. The molecule has 0 saturated carbocycles. The van der Waals surface area contributed by atoms with Crippen LogP contribution in [-0.4, -0.2) is 52.8 Å². The van der Waals surface area contributed by atoms with E-state index in [1.807, 2.05) is 53.1 Å². The summed E-state index contributed by atoms with van der Waals surface area (Å²) in [7, 11) is 1.62. The third-order valence-corrected chi connectivity index (χ3v) is 5.83. The fraction of sp³-hybridized carbons (Fsp3) is 0.400. The van der Waals surface area contributed by atoms with Gasteiger partial charge in [0.2, 0.25) is 0 Å². The van der Waals surface area contributed by atoms with Gasteiger partial charge in [0.15, 0.2) is 0 Å². The molecule has 6 nitrogen and oxygen atoms in total.